The minimum Gasteiger partial charge on any atom is -0.319 e. The lowest BCUT2D eigenvalue weighted by atomic mass is 9.91. The number of nitrogens with zero attached hydrogens (tertiary/aromatic N) is 2. The zero-order chi connectivity index (χ0) is 12.2. The SMILES string of the molecule is CNCC(C)(C)CN(C)C1CCN(C)CC1. The van der Waals surface area contributed by atoms with Crippen molar-refractivity contribution in [2.24, 2.45) is 5.41 Å². The van der Waals surface area contributed by atoms with Gasteiger partial charge in [-0.3, -0.25) is 0 Å². The van der Waals surface area contributed by atoms with Crippen LogP contribution >= 0.6 is 0 Å². The highest BCUT2D eigenvalue weighted by Crippen LogP contribution is 2.20. The normalized spacial score (nSPS) is 20.6. The van der Waals surface area contributed by atoms with Crippen LogP contribution in [0.3, 0.4) is 0 Å². The zero-order valence-electron chi connectivity index (χ0n) is 11.7. The van der Waals surface area contributed by atoms with Crippen LogP contribution < -0.4 is 5.32 Å². The van der Waals surface area contributed by atoms with Crippen molar-refractivity contribution in [3.63, 3.8) is 0 Å². The van der Waals surface area contributed by atoms with Gasteiger partial charge in [-0.15, -0.1) is 0 Å². The fourth-order valence-electron chi connectivity index (χ4n) is 2.77. The van der Waals surface area contributed by atoms with Crippen molar-refractivity contribution in [2.75, 3.05) is 47.3 Å². The summed E-state index contributed by atoms with van der Waals surface area (Å²) in [4.78, 5) is 4.99. The van der Waals surface area contributed by atoms with Gasteiger partial charge in [0, 0.05) is 19.1 Å². The first kappa shape index (κ1) is 13.9. The van der Waals surface area contributed by atoms with E-state index in [1.807, 2.05) is 7.05 Å². The summed E-state index contributed by atoms with van der Waals surface area (Å²) in [5.74, 6) is 0. The molecular formula is C13H29N3. The molecular weight excluding hydrogens is 198 g/mol. The van der Waals surface area contributed by atoms with E-state index in [0.29, 0.717) is 5.41 Å². The molecule has 0 bridgehead atoms. The van der Waals surface area contributed by atoms with Crippen molar-refractivity contribution in [2.45, 2.75) is 32.7 Å². The molecule has 0 aliphatic carbocycles. The summed E-state index contributed by atoms with van der Waals surface area (Å²) in [7, 11) is 6.55. The van der Waals surface area contributed by atoms with Gasteiger partial charge in [0.25, 0.3) is 0 Å². The molecule has 1 heterocycles. The maximum atomic E-state index is 3.29. The maximum Gasteiger partial charge on any atom is 0.0117 e. The first-order valence-corrected chi connectivity index (χ1v) is 6.48. The number of piperidine rings is 1. The van der Waals surface area contributed by atoms with Gasteiger partial charge in [0.2, 0.25) is 0 Å². The third-order valence-corrected chi connectivity index (χ3v) is 3.64. The molecule has 1 saturated heterocycles. The van der Waals surface area contributed by atoms with Crippen molar-refractivity contribution in [1.29, 1.82) is 0 Å². The first-order valence-electron chi connectivity index (χ1n) is 6.48. The lowest BCUT2D eigenvalue weighted by Crippen LogP contribution is -2.46. The fourth-order valence-corrected chi connectivity index (χ4v) is 2.77. The van der Waals surface area contributed by atoms with E-state index in [-0.39, 0.29) is 0 Å². The molecule has 0 radical (unpaired) electrons. The topological polar surface area (TPSA) is 18.5 Å². The fraction of sp³-hybridized carbons (Fsp3) is 1.00. The number of hydrogen-bond acceptors (Lipinski definition) is 3. The molecule has 0 unspecified atom stereocenters. The quantitative estimate of drug-likeness (QED) is 0.763. The van der Waals surface area contributed by atoms with Crippen LogP contribution in [0.15, 0.2) is 0 Å². The van der Waals surface area contributed by atoms with E-state index < -0.39 is 0 Å². The number of nitrogens with one attached hydrogen (secondary N) is 1. The lowest BCUT2D eigenvalue weighted by molar-refractivity contribution is 0.107. The van der Waals surface area contributed by atoms with Crippen molar-refractivity contribution in [3.05, 3.63) is 0 Å². The smallest absolute Gasteiger partial charge is 0.0117 e. The van der Waals surface area contributed by atoms with Crippen LogP contribution in [-0.2, 0) is 0 Å². The largest absolute Gasteiger partial charge is 0.319 e. The predicted octanol–water partition coefficient (Wildman–Crippen LogP) is 1.26. The van der Waals surface area contributed by atoms with E-state index in [1.54, 1.807) is 0 Å². The average Bonchev–Trinajstić information content (AvgIpc) is 2.17. The number of rotatable bonds is 5. The molecule has 0 aromatic carbocycles. The molecule has 0 aromatic rings. The van der Waals surface area contributed by atoms with E-state index in [0.717, 1.165) is 12.6 Å². The van der Waals surface area contributed by atoms with Crippen LogP contribution in [0.1, 0.15) is 26.7 Å². The molecule has 0 atom stereocenters. The molecule has 3 nitrogen and oxygen atoms in total. The molecule has 3 heteroatoms. The predicted molar refractivity (Wildman–Crippen MR) is 70.9 cm³/mol. The first-order chi connectivity index (χ1) is 7.44. The third kappa shape index (κ3) is 4.40. The molecule has 96 valence electrons. The van der Waals surface area contributed by atoms with E-state index in [4.69, 9.17) is 0 Å². The van der Waals surface area contributed by atoms with Gasteiger partial charge in [-0.25, -0.2) is 0 Å². The Labute approximate surface area is 101 Å². The Morgan fingerprint density at radius 3 is 2.38 bits per heavy atom. The molecule has 1 N–H and O–H groups in total. The molecule has 0 amide bonds. The van der Waals surface area contributed by atoms with Crippen molar-refractivity contribution < 1.29 is 0 Å². The Hall–Kier alpha value is -0.120. The van der Waals surface area contributed by atoms with E-state index in [1.165, 1.54) is 32.5 Å². The Balaban J connectivity index is 2.36. The Kier molecular flexibility index (Phi) is 5.22. The summed E-state index contributed by atoms with van der Waals surface area (Å²) in [6.45, 7) is 9.46. The van der Waals surface area contributed by atoms with Crippen LogP contribution in [0.25, 0.3) is 0 Å². The molecule has 0 saturated carbocycles. The van der Waals surface area contributed by atoms with Gasteiger partial charge >= 0.3 is 0 Å². The second kappa shape index (κ2) is 5.99. The summed E-state index contributed by atoms with van der Waals surface area (Å²) >= 11 is 0. The maximum absolute atomic E-state index is 3.29. The van der Waals surface area contributed by atoms with E-state index >= 15 is 0 Å². The highest BCUT2D eigenvalue weighted by atomic mass is 15.2. The van der Waals surface area contributed by atoms with Crippen LogP contribution in [0, 0.1) is 5.41 Å². The van der Waals surface area contributed by atoms with Gasteiger partial charge in [0.15, 0.2) is 0 Å². The molecule has 1 rings (SSSR count). The van der Waals surface area contributed by atoms with E-state index in [9.17, 15) is 0 Å². The van der Waals surface area contributed by atoms with E-state index in [2.05, 4.69) is 43.1 Å². The summed E-state index contributed by atoms with van der Waals surface area (Å²) in [6.07, 6.45) is 2.64. The van der Waals surface area contributed by atoms with Crippen molar-refractivity contribution >= 4 is 0 Å². The van der Waals surface area contributed by atoms with Gasteiger partial charge in [-0.1, -0.05) is 13.8 Å². The highest BCUT2D eigenvalue weighted by molar-refractivity contribution is 4.81. The Bertz CT molecular complexity index is 195. The monoisotopic (exact) mass is 227 g/mol. The number of hydrogen-bond donors (Lipinski definition) is 1. The molecule has 0 spiro atoms. The summed E-state index contributed by atoms with van der Waals surface area (Å²) in [5, 5.41) is 3.29. The highest BCUT2D eigenvalue weighted by Gasteiger charge is 2.25. The van der Waals surface area contributed by atoms with Crippen LogP contribution in [0.5, 0.6) is 0 Å². The Morgan fingerprint density at radius 1 is 1.31 bits per heavy atom. The molecule has 0 aromatic heterocycles. The van der Waals surface area contributed by atoms with Crippen LogP contribution in [0.2, 0.25) is 0 Å². The molecule has 1 fully saturated rings. The second-order valence-corrected chi connectivity index (χ2v) is 6.14. The van der Waals surface area contributed by atoms with Gasteiger partial charge in [0.05, 0.1) is 0 Å². The lowest BCUT2D eigenvalue weighted by Gasteiger charge is -2.39. The summed E-state index contributed by atoms with van der Waals surface area (Å²) in [6, 6.07) is 0.785. The second-order valence-electron chi connectivity index (χ2n) is 6.14. The summed E-state index contributed by atoms with van der Waals surface area (Å²) < 4.78 is 0. The minimum absolute atomic E-state index is 0.368. The van der Waals surface area contributed by atoms with Gasteiger partial charge in [-0.2, -0.15) is 0 Å². The number of likely N-dealkylation sites (tertiary alicyclic amines) is 1. The van der Waals surface area contributed by atoms with Crippen molar-refractivity contribution in [1.82, 2.24) is 15.1 Å². The molecule has 1 aliphatic heterocycles. The van der Waals surface area contributed by atoms with Gasteiger partial charge in [0.1, 0.15) is 0 Å². The zero-order valence-corrected chi connectivity index (χ0v) is 11.7. The van der Waals surface area contributed by atoms with Crippen molar-refractivity contribution in [3.8, 4) is 0 Å². The molecule has 16 heavy (non-hydrogen) atoms. The van der Waals surface area contributed by atoms with Crippen LogP contribution in [0.4, 0.5) is 0 Å². The summed E-state index contributed by atoms with van der Waals surface area (Å²) in [5.41, 5.74) is 0.368. The standard InChI is InChI=1S/C13H29N3/c1-13(2,10-14-3)11-16(5)12-6-8-15(4)9-7-12/h12,14H,6-11H2,1-5H3. The minimum atomic E-state index is 0.368. The molecule has 1 aliphatic rings. The van der Waals surface area contributed by atoms with Gasteiger partial charge in [-0.05, 0) is 52.5 Å². The van der Waals surface area contributed by atoms with Gasteiger partial charge < -0.3 is 15.1 Å². The third-order valence-electron chi connectivity index (χ3n) is 3.64. The van der Waals surface area contributed by atoms with Crippen LogP contribution in [-0.4, -0.2) is 63.2 Å². The Morgan fingerprint density at radius 2 is 1.88 bits per heavy atom. The average molecular weight is 227 g/mol.